The van der Waals surface area contributed by atoms with Crippen LogP contribution in [0.25, 0.3) is 0 Å². The molecule has 0 fully saturated rings. The molecule has 0 bridgehead atoms. The Morgan fingerprint density at radius 2 is 1.63 bits per heavy atom. The summed E-state index contributed by atoms with van der Waals surface area (Å²) in [7, 11) is 0. The minimum Gasteiger partial charge on any atom is -0.426 e. The number of hydrogen-bond acceptors (Lipinski definition) is 4. The lowest BCUT2D eigenvalue weighted by Crippen LogP contribution is -2.24. The summed E-state index contributed by atoms with van der Waals surface area (Å²) in [6.45, 7) is 8.77. The summed E-state index contributed by atoms with van der Waals surface area (Å²) in [5, 5.41) is 12.6. The first-order valence-corrected chi connectivity index (χ1v) is 9.61. The first-order valence-electron chi connectivity index (χ1n) is 9.61. The number of aliphatic hydroxyl groups excluding tert-OH is 1. The van der Waals surface area contributed by atoms with Crippen molar-refractivity contribution in [1.29, 1.82) is 0 Å². The third-order valence-corrected chi connectivity index (χ3v) is 3.83. The van der Waals surface area contributed by atoms with Gasteiger partial charge in [0.15, 0.2) is 0 Å². The zero-order valence-electron chi connectivity index (χ0n) is 16.9. The lowest BCUT2D eigenvalue weighted by atomic mass is 10.0. The Labute approximate surface area is 163 Å². The molecule has 0 unspecified atom stereocenters. The Hall–Kier alpha value is -2.17. The molecule has 0 radical (unpaired) electrons. The van der Waals surface area contributed by atoms with E-state index in [1.54, 1.807) is 12.1 Å². The van der Waals surface area contributed by atoms with E-state index in [-0.39, 0.29) is 18.5 Å². The molecule has 4 heteroatoms. The lowest BCUT2D eigenvalue weighted by Gasteiger charge is -2.13. The summed E-state index contributed by atoms with van der Waals surface area (Å²) in [4.78, 5) is 11.8. The van der Waals surface area contributed by atoms with Gasteiger partial charge in [-0.1, -0.05) is 70.2 Å². The average Bonchev–Trinajstić information content (AvgIpc) is 2.67. The second-order valence-electron chi connectivity index (χ2n) is 7.04. The molecule has 2 aromatic rings. The van der Waals surface area contributed by atoms with E-state index in [1.165, 1.54) is 0 Å². The Morgan fingerprint density at radius 1 is 1.04 bits per heavy atom. The Balaban J connectivity index is 0.000000511. The van der Waals surface area contributed by atoms with Crippen LogP contribution < -0.4 is 10.1 Å². The van der Waals surface area contributed by atoms with Crippen molar-refractivity contribution in [2.24, 2.45) is 5.92 Å². The van der Waals surface area contributed by atoms with Gasteiger partial charge < -0.3 is 15.2 Å². The van der Waals surface area contributed by atoms with Crippen LogP contribution in [0.4, 0.5) is 0 Å². The van der Waals surface area contributed by atoms with Gasteiger partial charge in [0, 0.05) is 6.04 Å². The molecule has 0 saturated carbocycles. The molecular weight excluding hydrogens is 338 g/mol. The standard InChI is InChI=1S/C17H27NO3.C6H6/c1-12(2)17(20)21-16-8-7-14(11-19)10-15(16)6-5-9-18-13(3)4;1-2-4-6-5-3-1/h7-8,10,12-13,18-19H,5-6,9,11H2,1-4H3;1-6H. The van der Waals surface area contributed by atoms with Crippen molar-refractivity contribution < 1.29 is 14.6 Å². The minimum atomic E-state index is -0.228. The third kappa shape index (κ3) is 9.92. The molecule has 0 aliphatic heterocycles. The second kappa shape index (κ2) is 13.1. The van der Waals surface area contributed by atoms with E-state index in [9.17, 15) is 9.90 Å². The number of benzene rings is 2. The number of esters is 1. The highest BCUT2D eigenvalue weighted by atomic mass is 16.5. The maximum Gasteiger partial charge on any atom is 0.313 e. The number of nitrogens with one attached hydrogen (secondary N) is 1. The molecule has 0 saturated heterocycles. The van der Waals surface area contributed by atoms with Crippen molar-refractivity contribution in [2.45, 2.75) is 53.2 Å². The van der Waals surface area contributed by atoms with Gasteiger partial charge >= 0.3 is 5.97 Å². The van der Waals surface area contributed by atoms with E-state index in [0.29, 0.717) is 11.8 Å². The summed E-state index contributed by atoms with van der Waals surface area (Å²) in [6.07, 6.45) is 1.77. The number of hydrogen-bond donors (Lipinski definition) is 2. The third-order valence-electron chi connectivity index (χ3n) is 3.83. The van der Waals surface area contributed by atoms with Gasteiger partial charge in [-0.3, -0.25) is 4.79 Å². The van der Waals surface area contributed by atoms with Gasteiger partial charge in [0.2, 0.25) is 0 Å². The van der Waals surface area contributed by atoms with Crippen LogP contribution in [0.5, 0.6) is 5.75 Å². The van der Waals surface area contributed by atoms with Crippen molar-refractivity contribution in [2.75, 3.05) is 6.54 Å². The zero-order valence-corrected chi connectivity index (χ0v) is 16.9. The van der Waals surface area contributed by atoms with Crippen LogP contribution in [-0.2, 0) is 17.8 Å². The summed E-state index contributed by atoms with van der Waals surface area (Å²) in [5.74, 6) is 0.224. The first kappa shape index (κ1) is 22.9. The molecule has 148 valence electrons. The molecule has 0 spiro atoms. The van der Waals surface area contributed by atoms with Crippen LogP contribution >= 0.6 is 0 Å². The maximum absolute atomic E-state index is 11.8. The molecule has 0 aromatic heterocycles. The molecule has 0 atom stereocenters. The zero-order chi connectivity index (χ0) is 20.1. The predicted molar refractivity (Wildman–Crippen MR) is 111 cm³/mol. The van der Waals surface area contributed by atoms with Gasteiger partial charge in [-0.05, 0) is 42.6 Å². The van der Waals surface area contributed by atoms with Gasteiger partial charge in [-0.25, -0.2) is 0 Å². The molecule has 0 heterocycles. The van der Waals surface area contributed by atoms with E-state index >= 15 is 0 Å². The summed E-state index contributed by atoms with van der Waals surface area (Å²) >= 11 is 0. The number of aliphatic hydroxyl groups is 1. The Bertz CT molecular complexity index is 627. The highest BCUT2D eigenvalue weighted by Crippen LogP contribution is 2.23. The van der Waals surface area contributed by atoms with Gasteiger partial charge in [-0.2, -0.15) is 0 Å². The normalized spacial score (nSPS) is 10.5. The van der Waals surface area contributed by atoms with Crippen LogP contribution in [-0.4, -0.2) is 23.7 Å². The van der Waals surface area contributed by atoms with Gasteiger partial charge in [0.05, 0.1) is 12.5 Å². The summed E-state index contributed by atoms with van der Waals surface area (Å²) in [6, 6.07) is 17.9. The molecule has 2 rings (SSSR count). The molecule has 2 N–H and O–H groups in total. The van der Waals surface area contributed by atoms with Crippen LogP contribution in [0.3, 0.4) is 0 Å². The predicted octanol–water partition coefficient (Wildman–Crippen LogP) is 4.36. The number of ether oxygens (including phenoxy) is 1. The van der Waals surface area contributed by atoms with Crippen molar-refractivity contribution in [3.05, 3.63) is 65.7 Å². The van der Waals surface area contributed by atoms with E-state index in [4.69, 9.17) is 4.74 Å². The average molecular weight is 372 g/mol. The molecule has 2 aromatic carbocycles. The number of rotatable bonds is 8. The summed E-state index contributed by atoms with van der Waals surface area (Å²) in [5.41, 5.74) is 1.81. The fourth-order valence-electron chi connectivity index (χ4n) is 2.31. The molecule has 0 amide bonds. The van der Waals surface area contributed by atoms with Crippen LogP contribution in [0.1, 0.15) is 45.2 Å². The largest absolute Gasteiger partial charge is 0.426 e. The van der Waals surface area contributed by atoms with Crippen LogP contribution in [0.15, 0.2) is 54.6 Å². The number of carbonyl (C=O) groups is 1. The van der Waals surface area contributed by atoms with Gasteiger partial charge in [-0.15, -0.1) is 0 Å². The molecule has 0 aliphatic carbocycles. The lowest BCUT2D eigenvalue weighted by molar-refractivity contribution is -0.137. The van der Waals surface area contributed by atoms with E-state index < -0.39 is 0 Å². The topological polar surface area (TPSA) is 58.6 Å². The summed E-state index contributed by atoms with van der Waals surface area (Å²) < 4.78 is 5.44. The van der Waals surface area contributed by atoms with E-state index in [1.807, 2.05) is 56.3 Å². The monoisotopic (exact) mass is 371 g/mol. The fourth-order valence-corrected chi connectivity index (χ4v) is 2.31. The molecular formula is C23H33NO3. The van der Waals surface area contributed by atoms with Crippen molar-refractivity contribution >= 4 is 5.97 Å². The molecule has 27 heavy (non-hydrogen) atoms. The highest BCUT2D eigenvalue weighted by molar-refractivity contribution is 5.74. The Kier molecular flexibility index (Phi) is 11.1. The SMILES string of the molecule is CC(C)NCCCc1cc(CO)ccc1OC(=O)C(C)C.c1ccccc1. The first-order chi connectivity index (χ1) is 12.9. The number of aryl methyl sites for hydroxylation is 1. The van der Waals surface area contributed by atoms with Crippen LogP contribution in [0.2, 0.25) is 0 Å². The highest BCUT2D eigenvalue weighted by Gasteiger charge is 2.13. The smallest absolute Gasteiger partial charge is 0.313 e. The Morgan fingerprint density at radius 3 is 2.11 bits per heavy atom. The van der Waals surface area contributed by atoms with Crippen molar-refractivity contribution in [3.8, 4) is 5.75 Å². The van der Waals surface area contributed by atoms with Crippen molar-refractivity contribution in [3.63, 3.8) is 0 Å². The maximum atomic E-state index is 11.8. The quantitative estimate of drug-likeness (QED) is 0.411. The van der Waals surface area contributed by atoms with Crippen LogP contribution in [0, 0.1) is 5.92 Å². The van der Waals surface area contributed by atoms with Crippen molar-refractivity contribution in [1.82, 2.24) is 5.32 Å². The van der Waals surface area contributed by atoms with E-state index in [2.05, 4.69) is 19.2 Å². The fraction of sp³-hybridized carbons (Fsp3) is 0.435. The minimum absolute atomic E-state index is 0.00431. The number of carbonyl (C=O) groups excluding carboxylic acids is 1. The molecule has 0 aliphatic rings. The second-order valence-corrected chi connectivity index (χ2v) is 7.04. The van der Waals surface area contributed by atoms with E-state index in [0.717, 1.165) is 30.5 Å². The van der Waals surface area contributed by atoms with Gasteiger partial charge in [0.25, 0.3) is 0 Å². The molecule has 4 nitrogen and oxygen atoms in total. The van der Waals surface area contributed by atoms with Gasteiger partial charge in [0.1, 0.15) is 5.75 Å².